The molecule has 10 nitrogen and oxygen atoms in total. The summed E-state index contributed by atoms with van der Waals surface area (Å²) in [5, 5.41) is 4.66. The summed E-state index contributed by atoms with van der Waals surface area (Å²) < 4.78 is 13.2. The maximum atomic E-state index is 13.7. The van der Waals surface area contributed by atoms with Crippen LogP contribution in [-0.2, 0) is 16.0 Å². The monoisotopic (exact) mass is 564 g/mol. The first-order chi connectivity index (χ1) is 19.1. The summed E-state index contributed by atoms with van der Waals surface area (Å²) in [6.07, 6.45) is 2.50. The van der Waals surface area contributed by atoms with Gasteiger partial charge in [-0.1, -0.05) is 26.0 Å². The van der Waals surface area contributed by atoms with Crippen molar-refractivity contribution in [3.8, 4) is 0 Å². The number of hydrogen-bond acceptors (Lipinski definition) is 7. The number of aromatic nitrogens is 3. The van der Waals surface area contributed by atoms with Crippen LogP contribution >= 0.6 is 0 Å². The first kappa shape index (κ1) is 30.1. The van der Waals surface area contributed by atoms with E-state index in [0.29, 0.717) is 30.2 Å². The molecule has 4 rings (SSSR count). The highest BCUT2D eigenvalue weighted by atomic mass is 16.6. The van der Waals surface area contributed by atoms with E-state index in [1.54, 1.807) is 14.3 Å². The van der Waals surface area contributed by atoms with Gasteiger partial charge in [0.2, 0.25) is 0 Å². The van der Waals surface area contributed by atoms with E-state index in [9.17, 15) is 9.59 Å². The molecule has 3 heterocycles. The van der Waals surface area contributed by atoms with Gasteiger partial charge in [0, 0.05) is 42.0 Å². The van der Waals surface area contributed by atoms with Crippen molar-refractivity contribution in [2.45, 2.75) is 97.8 Å². The zero-order valence-corrected chi connectivity index (χ0v) is 25.6. The number of piperidine rings is 1. The second kappa shape index (κ2) is 11.6. The fourth-order valence-electron chi connectivity index (χ4n) is 4.91. The van der Waals surface area contributed by atoms with Crippen LogP contribution in [-0.4, -0.2) is 56.0 Å². The van der Waals surface area contributed by atoms with Crippen LogP contribution in [0.25, 0.3) is 5.65 Å². The van der Waals surface area contributed by atoms with Gasteiger partial charge in [-0.25, -0.2) is 14.6 Å². The summed E-state index contributed by atoms with van der Waals surface area (Å²) >= 11 is 0. The Morgan fingerprint density at radius 2 is 1.71 bits per heavy atom. The van der Waals surface area contributed by atoms with Crippen molar-refractivity contribution in [2.24, 2.45) is 0 Å². The Balaban J connectivity index is 1.74. The summed E-state index contributed by atoms with van der Waals surface area (Å²) in [6, 6.07) is 9.41. The maximum absolute atomic E-state index is 13.7. The molecule has 2 amide bonds. The summed E-state index contributed by atoms with van der Waals surface area (Å²) in [7, 11) is 0. The van der Waals surface area contributed by atoms with Gasteiger partial charge in [-0.05, 0) is 78.0 Å². The number of ether oxygens (including phenoxy) is 2. The van der Waals surface area contributed by atoms with Crippen LogP contribution in [0.2, 0.25) is 0 Å². The van der Waals surface area contributed by atoms with Crippen LogP contribution in [0.15, 0.2) is 36.5 Å². The van der Waals surface area contributed by atoms with Gasteiger partial charge in [0.05, 0.1) is 12.7 Å². The number of benzene rings is 1. The van der Waals surface area contributed by atoms with Crippen molar-refractivity contribution < 1.29 is 19.1 Å². The third kappa shape index (κ3) is 7.48. The summed E-state index contributed by atoms with van der Waals surface area (Å²) in [5.41, 5.74) is 8.88. The lowest BCUT2D eigenvalue weighted by Crippen LogP contribution is -2.41. The minimum absolute atomic E-state index is 0.0974. The summed E-state index contributed by atoms with van der Waals surface area (Å²) in [5.74, 6) is 0.851. The Hall–Kier alpha value is -3.82. The molecule has 0 bridgehead atoms. The number of carbonyl (C=O) groups is 2. The Bertz CT molecular complexity index is 1390. The molecule has 222 valence electrons. The molecule has 0 spiro atoms. The lowest BCUT2D eigenvalue weighted by Gasteiger charge is -2.33. The van der Waals surface area contributed by atoms with Gasteiger partial charge in [0.15, 0.2) is 5.65 Å². The van der Waals surface area contributed by atoms with E-state index in [1.807, 2.05) is 78.1 Å². The molecule has 0 saturated carbocycles. The molecule has 41 heavy (non-hydrogen) atoms. The number of rotatable bonds is 5. The Morgan fingerprint density at radius 3 is 2.29 bits per heavy atom. The number of nitrogen functional groups attached to an aromatic ring is 1. The number of fused-ring (bicyclic) bond motifs is 1. The number of nitrogens with zero attached hydrogens (tertiary/aromatic N) is 5. The number of anilines is 2. The van der Waals surface area contributed by atoms with Crippen LogP contribution in [0.1, 0.15) is 96.9 Å². The second-order valence-corrected chi connectivity index (χ2v) is 13.1. The van der Waals surface area contributed by atoms with Gasteiger partial charge >= 0.3 is 12.2 Å². The molecular weight excluding hydrogens is 520 g/mol. The standard InChI is InChI=1S/C31H44N6O4/c1-20(2)24-18-33-37-26(36(29(39)41-31(6,7)8)19-21-10-9-11-23(32)16-21)17-25(34-27(24)37)22-12-14-35(15-13-22)28(38)40-30(3,4)5/h9-11,16-18,20,22H,12-15,19,32H2,1-8H3. The molecule has 3 aromatic rings. The number of carbonyl (C=O) groups excluding carboxylic acids is 2. The predicted octanol–water partition coefficient (Wildman–Crippen LogP) is 6.49. The first-order valence-corrected chi connectivity index (χ1v) is 14.3. The molecule has 1 saturated heterocycles. The van der Waals surface area contributed by atoms with Gasteiger partial charge in [-0.2, -0.15) is 9.61 Å². The lowest BCUT2D eigenvalue weighted by atomic mass is 9.93. The van der Waals surface area contributed by atoms with E-state index in [4.69, 9.17) is 20.2 Å². The Morgan fingerprint density at radius 1 is 1.05 bits per heavy atom. The second-order valence-electron chi connectivity index (χ2n) is 13.1. The average Bonchev–Trinajstić information content (AvgIpc) is 3.29. The largest absolute Gasteiger partial charge is 0.444 e. The number of hydrogen-bond donors (Lipinski definition) is 1. The smallest absolute Gasteiger partial charge is 0.416 e. The zero-order valence-electron chi connectivity index (χ0n) is 25.6. The van der Waals surface area contributed by atoms with Crippen LogP contribution in [0.4, 0.5) is 21.1 Å². The van der Waals surface area contributed by atoms with Crippen molar-refractivity contribution in [3.05, 3.63) is 53.3 Å². The van der Waals surface area contributed by atoms with Gasteiger partial charge < -0.3 is 20.1 Å². The highest BCUT2D eigenvalue weighted by Gasteiger charge is 2.31. The average molecular weight is 565 g/mol. The molecule has 0 atom stereocenters. The lowest BCUT2D eigenvalue weighted by molar-refractivity contribution is 0.0203. The highest BCUT2D eigenvalue weighted by molar-refractivity contribution is 5.87. The minimum atomic E-state index is -0.693. The minimum Gasteiger partial charge on any atom is -0.444 e. The van der Waals surface area contributed by atoms with Crippen LogP contribution < -0.4 is 10.6 Å². The van der Waals surface area contributed by atoms with E-state index in [2.05, 4.69) is 18.9 Å². The zero-order chi connectivity index (χ0) is 30.1. The van der Waals surface area contributed by atoms with Crippen LogP contribution in [0, 0.1) is 0 Å². The SMILES string of the molecule is CC(C)c1cnn2c(N(Cc3cccc(N)c3)C(=O)OC(C)(C)C)cc(C3CCN(C(=O)OC(C)(C)C)CC3)nc12. The van der Waals surface area contributed by atoms with E-state index in [1.165, 1.54) is 0 Å². The van der Waals surface area contributed by atoms with Crippen molar-refractivity contribution in [2.75, 3.05) is 23.7 Å². The first-order valence-electron chi connectivity index (χ1n) is 14.3. The van der Waals surface area contributed by atoms with Crippen molar-refractivity contribution in [1.29, 1.82) is 0 Å². The van der Waals surface area contributed by atoms with E-state index < -0.39 is 17.3 Å². The Labute approximate surface area is 242 Å². The van der Waals surface area contributed by atoms with Crippen molar-refractivity contribution in [3.63, 3.8) is 0 Å². The molecule has 1 aliphatic heterocycles. The molecule has 10 heteroatoms. The fraction of sp³-hybridized carbons (Fsp3) is 0.548. The normalized spacial score (nSPS) is 14.9. The molecule has 1 fully saturated rings. The summed E-state index contributed by atoms with van der Waals surface area (Å²) in [4.78, 5) is 34.8. The third-order valence-electron chi connectivity index (χ3n) is 6.87. The van der Waals surface area contributed by atoms with Gasteiger partial charge in [-0.15, -0.1) is 0 Å². The molecule has 2 N–H and O–H groups in total. The highest BCUT2D eigenvalue weighted by Crippen LogP contribution is 2.33. The number of likely N-dealkylation sites (tertiary alicyclic amines) is 1. The molecule has 0 aliphatic carbocycles. The Kier molecular flexibility index (Phi) is 8.52. The molecule has 1 aliphatic rings. The van der Waals surface area contributed by atoms with Gasteiger partial charge in [0.1, 0.15) is 17.0 Å². The van der Waals surface area contributed by atoms with Gasteiger partial charge in [0.25, 0.3) is 0 Å². The number of nitrogens with two attached hydrogens (primary N) is 1. The predicted molar refractivity (Wildman–Crippen MR) is 160 cm³/mol. The summed E-state index contributed by atoms with van der Waals surface area (Å²) in [6.45, 7) is 16.7. The molecular formula is C31H44N6O4. The topological polar surface area (TPSA) is 115 Å². The molecule has 0 unspecified atom stereocenters. The third-order valence-corrected chi connectivity index (χ3v) is 6.87. The molecule has 1 aromatic carbocycles. The number of amides is 2. The maximum Gasteiger partial charge on any atom is 0.416 e. The van der Waals surface area contributed by atoms with E-state index in [-0.39, 0.29) is 24.5 Å². The van der Waals surface area contributed by atoms with Crippen LogP contribution in [0.5, 0.6) is 0 Å². The van der Waals surface area contributed by atoms with Gasteiger partial charge in [-0.3, -0.25) is 4.90 Å². The van der Waals surface area contributed by atoms with Crippen LogP contribution in [0.3, 0.4) is 0 Å². The van der Waals surface area contributed by atoms with E-state index >= 15 is 0 Å². The quantitative estimate of drug-likeness (QED) is 0.352. The van der Waals surface area contributed by atoms with Crippen molar-refractivity contribution >= 4 is 29.3 Å². The van der Waals surface area contributed by atoms with Crippen molar-refractivity contribution in [1.82, 2.24) is 19.5 Å². The molecule has 0 radical (unpaired) electrons. The fourth-order valence-corrected chi connectivity index (χ4v) is 4.91. The van der Waals surface area contributed by atoms with E-state index in [0.717, 1.165) is 29.7 Å². The molecule has 2 aromatic heterocycles.